The van der Waals surface area contributed by atoms with E-state index in [-0.39, 0.29) is 11.1 Å². The molecule has 1 spiro atoms. The average Bonchev–Trinajstić information content (AvgIpc) is 2.96. The zero-order valence-corrected chi connectivity index (χ0v) is 9.93. The monoisotopic (exact) mass is 246 g/mol. The van der Waals surface area contributed by atoms with Crippen molar-refractivity contribution in [2.45, 2.75) is 37.5 Å². The predicted octanol–water partition coefficient (Wildman–Crippen LogP) is 2.99. The van der Waals surface area contributed by atoms with Gasteiger partial charge in [0.25, 0.3) is 5.69 Å². The van der Waals surface area contributed by atoms with E-state index >= 15 is 0 Å². The summed E-state index contributed by atoms with van der Waals surface area (Å²) in [4.78, 5) is 10.4. The summed E-state index contributed by atoms with van der Waals surface area (Å²) in [6, 6.07) is 4.94. The predicted molar refractivity (Wildman–Crippen MR) is 66.2 cm³/mol. The quantitative estimate of drug-likeness (QED) is 0.470. The van der Waals surface area contributed by atoms with Crippen LogP contribution in [0, 0.1) is 10.1 Å². The largest absolute Gasteiger partial charge is 0.411 e. The second kappa shape index (κ2) is 3.80. The van der Waals surface area contributed by atoms with Gasteiger partial charge in [-0.15, -0.1) is 0 Å². The van der Waals surface area contributed by atoms with Gasteiger partial charge in [0.15, 0.2) is 0 Å². The highest BCUT2D eigenvalue weighted by atomic mass is 16.6. The van der Waals surface area contributed by atoms with Crippen molar-refractivity contribution in [3.8, 4) is 0 Å². The molecule has 0 aliphatic heterocycles. The molecule has 5 nitrogen and oxygen atoms in total. The number of rotatable bonds is 1. The van der Waals surface area contributed by atoms with Crippen molar-refractivity contribution < 1.29 is 10.1 Å². The normalized spacial score (nSPS) is 22.6. The Morgan fingerprint density at radius 1 is 1.33 bits per heavy atom. The molecule has 1 aromatic carbocycles. The summed E-state index contributed by atoms with van der Waals surface area (Å²) in [5.74, 6) is 0. The third kappa shape index (κ3) is 1.43. The van der Waals surface area contributed by atoms with Crippen LogP contribution in [0.3, 0.4) is 0 Å². The highest BCUT2D eigenvalue weighted by Gasteiger charge is 2.44. The first kappa shape index (κ1) is 11.2. The summed E-state index contributed by atoms with van der Waals surface area (Å²) in [5.41, 5.74) is 2.60. The molecule has 1 aromatic rings. The van der Waals surface area contributed by atoms with Gasteiger partial charge in [-0.3, -0.25) is 10.1 Å². The molecule has 1 saturated carbocycles. The first-order valence-electron chi connectivity index (χ1n) is 6.16. The Morgan fingerprint density at radius 3 is 2.67 bits per heavy atom. The first-order chi connectivity index (χ1) is 8.66. The molecule has 0 radical (unpaired) electrons. The summed E-state index contributed by atoms with van der Waals surface area (Å²) in [5, 5.41) is 23.3. The molecule has 0 aromatic heterocycles. The Hall–Kier alpha value is -1.91. The molecule has 0 atom stereocenters. The van der Waals surface area contributed by atoms with E-state index in [9.17, 15) is 10.1 Å². The van der Waals surface area contributed by atoms with E-state index in [1.54, 1.807) is 6.07 Å². The highest BCUT2D eigenvalue weighted by Crippen LogP contribution is 2.50. The van der Waals surface area contributed by atoms with Gasteiger partial charge in [0, 0.05) is 29.5 Å². The van der Waals surface area contributed by atoms with Gasteiger partial charge in [0.2, 0.25) is 0 Å². The van der Waals surface area contributed by atoms with E-state index in [2.05, 4.69) is 5.16 Å². The molecule has 2 aliphatic rings. The standard InChI is InChI=1S/C13H14N2O3/c16-14-12-8-13(5-1-2-6-13)11-4-3-9(15(17)18)7-10(11)12/h3-4,7,16H,1-2,5-6,8H2. The maximum atomic E-state index is 10.8. The van der Waals surface area contributed by atoms with Gasteiger partial charge in [-0.1, -0.05) is 24.1 Å². The SMILES string of the molecule is O=[N+]([O-])c1ccc2c(c1)C(=NO)CC21CCCC1. The van der Waals surface area contributed by atoms with E-state index in [0.717, 1.165) is 24.0 Å². The average molecular weight is 246 g/mol. The zero-order chi connectivity index (χ0) is 12.8. The van der Waals surface area contributed by atoms with Crippen LogP contribution >= 0.6 is 0 Å². The topological polar surface area (TPSA) is 75.7 Å². The molecule has 3 rings (SSSR count). The van der Waals surface area contributed by atoms with Crippen molar-refractivity contribution in [3.05, 3.63) is 39.4 Å². The van der Waals surface area contributed by atoms with Gasteiger partial charge in [0.1, 0.15) is 0 Å². The summed E-state index contributed by atoms with van der Waals surface area (Å²) in [6.07, 6.45) is 5.22. The molecule has 0 heterocycles. The van der Waals surface area contributed by atoms with Gasteiger partial charge in [-0.2, -0.15) is 0 Å². The minimum Gasteiger partial charge on any atom is -0.411 e. The molecular weight excluding hydrogens is 232 g/mol. The van der Waals surface area contributed by atoms with E-state index in [1.165, 1.54) is 18.9 Å². The Bertz CT molecular complexity index is 545. The van der Waals surface area contributed by atoms with E-state index in [4.69, 9.17) is 5.21 Å². The Labute approximate surface area is 104 Å². The zero-order valence-electron chi connectivity index (χ0n) is 9.93. The third-order valence-electron chi connectivity index (χ3n) is 4.28. The lowest BCUT2D eigenvalue weighted by atomic mass is 9.80. The maximum absolute atomic E-state index is 10.8. The van der Waals surface area contributed by atoms with Crippen LogP contribution in [0.5, 0.6) is 0 Å². The smallest absolute Gasteiger partial charge is 0.270 e. The number of oxime groups is 1. The van der Waals surface area contributed by atoms with Crippen LogP contribution < -0.4 is 0 Å². The summed E-state index contributed by atoms with van der Waals surface area (Å²) >= 11 is 0. The Balaban J connectivity index is 2.16. The minimum atomic E-state index is -0.408. The molecule has 0 saturated heterocycles. The second-order valence-electron chi connectivity index (χ2n) is 5.20. The number of hydrogen-bond donors (Lipinski definition) is 1. The number of nitrogens with zero attached hydrogens (tertiary/aromatic N) is 2. The number of non-ortho nitro benzene ring substituents is 1. The molecule has 2 aliphatic carbocycles. The van der Waals surface area contributed by atoms with Crippen molar-refractivity contribution >= 4 is 11.4 Å². The van der Waals surface area contributed by atoms with E-state index in [1.807, 2.05) is 6.07 Å². The molecule has 0 amide bonds. The summed E-state index contributed by atoms with van der Waals surface area (Å²) < 4.78 is 0. The molecule has 0 bridgehead atoms. The fourth-order valence-electron chi connectivity index (χ4n) is 3.45. The van der Waals surface area contributed by atoms with Gasteiger partial charge >= 0.3 is 0 Å². The minimum absolute atomic E-state index is 0.0601. The number of nitro benzene ring substituents is 1. The van der Waals surface area contributed by atoms with Crippen LogP contribution in [0.25, 0.3) is 0 Å². The van der Waals surface area contributed by atoms with Crippen LogP contribution in [-0.4, -0.2) is 15.8 Å². The molecule has 18 heavy (non-hydrogen) atoms. The van der Waals surface area contributed by atoms with Crippen molar-refractivity contribution in [3.63, 3.8) is 0 Å². The van der Waals surface area contributed by atoms with Gasteiger partial charge < -0.3 is 5.21 Å². The van der Waals surface area contributed by atoms with Crippen LogP contribution in [0.1, 0.15) is 43.2 Å². The van der Waals surface area contributed by atoms with Crippen molar-refractivity contribution in [1.29, 1.82) is 0 Å². The molecule has 1 N–H and O–H groups in total. The van der Waals surface area contributed by atoms with Crippen molar-refractivity contribution in [2.24, 2.45) is 5.16 Å². The fraction of sp³-hybridized carbons (Fsp3) is 0.462. The van der Waals surface area contributed by atoms with Crippen molar-refractivity contribution in [1.82, 2.24) is 0 Å². The Morgan fingerprint density at radius 2 is 2.06 bits per heavy atom. The van der Waals surface area contributed by atoms with Crippen LogP contribution in [0.15, 0.2) is 23.4 Å². The molecule has 0 unspecified atom stereocenters. The fourth-order valence-corrected chi connectivity index (χ4v) is 3.45. The molecule has 1 fully saturated rings. The number of benzene rings is 1. The Kier molecular flexibility index (Phi) is 2.36. The van der Waals surface area contributed by atoms with E-state index < -0.39 is 4.92 Å². The van der Waals surface area contributed by atoms with Crippen molar-refractivity contribution in [2.75, 3.05) is 0 Å². The highest BCUT2D eigenvalue weighted by molar-refractivity contribution is 6.06. The molecule has 94 valence electrons. The first-order valence-corrected chi connectivity index (χ1v) is 6.16. The van der Waals surface area contributed by atoms with Crippen LogP contribution in [0.2, 0.25) is 0 Å². The summed E-state index contributed by atoms with van der Waals surface area (Å²) in [6.45, 7) is 0. The number of nitro groups is 1. The van der Waals surface area contributed by atoms with E-state index in [0.29, 0.717) is 12.1 Å². The second-order valence-corrected chi connectivity index (χ2v) is 5.20. The van der Waals surface area contributed by atoms with Gasteiger partial charge in [-0.05, 0) is 18.4 Å². The maximum Gasteiger partial charge on any atom is 0.270 e. The molecule has 5 heteroatoms. The third-order valence-corrected chi connectivity index (χ3v) is 4.28. The van der Waals surface area contributed by atoms with Crippen LogP contribution in [0.4, 0.5) is 5.69 Å². The lowest BCUT2D eigenvalue weighted by molar-refractivity contribution is -0.384. The summed E-state index contributed by atoms with van der Waals surface area (Å²) in [7, 11) is 0. The van der Waals surface area contributed by atoms with Gasteiger partial charge in [-0.25, -0.2) is 0 Å². The number of fused-ring (bicyclic) bond motifs is 2. The van der Waals surface area contributed by atoms with Gasteiger partial charge in [0.05, 0.1) is 10.6 Å². The number of hydrogen-bond acceptors (Lipinski definition) is 4. The lowest BCUT2D eigenvalue weighted by Crippen LogP contribution is -2.18. The lowest BCUT2D eigenvalue weighted by Gasteiger charge is -2.23. The van der Waals surface area contributed by atoms with Crippen LogP contribution in [-0.2, 0) is 5.41 Å². The molecular formula is C13H14N2O3.